The lowest BCUT2D eigenvalue weighted by molar-refractivity contribution is 0.0931. The predicted octanol–water partition coefficient (Wildman–Crippen LogP) is 4.45. The van der Waals surface area contributed by atoms with Crippen LogP contribution in [0.5, 0.6) is 0 Å². The van der Waals surface area contributed by atoms with Crippen LogP contribution < -0.4 is 10.2 Å². The van der Waals surface area contributed by atoms with Gasteiger partial charge in [0.05, 0.1) is 34.1 Å². The molecule has 0 saturated carbocycles. The lowest BCUT2D eigenvalue weighted by Crippen LogP contribution is -2.44. The van der Waals surface area contributed by atoms with Crippen LogP contribution in [0.4, 0.5) is 5.69 Å². The summed E-state index contributed by atoms with van der Waals surface area (Å²) < 4.78 is 1.57. The van der Waals surface area contributed by atoms with E-state index in [1.807, 2.05) is 24.3 Å². The molecule has 1 N–H and O–H groups in total. The number of nitriles is 1. The molecule has 0 unspecified atom stereocenters. The molecule has 1 amide bonds. The second kappa shape index (κ2) is 8.78. The van der Waals surface area contributed by atoms with Gasteiger partial charge in [0.2, 0.25) is 0 Å². The van der Waals surface area contributed by atoms with Crippen LogP contribution in [0, 0.1) is 11.3 Å². The van der Waals surface area contributed by atoms with Crippen molar-refractivity contribution in [3.8, 4) is 11.8 Å². The lowest BCUT2D eigenvalue weighted by atomic mass is 10.0. The number of halogens is 2. The molecule has 1 saturated heterocycles. The van der Waals surface area contributed by atoms with Gasteiger partial charge in [-0.25, -0.2) is 4.68 Å². The standard InChI is InChI=1S/C22H19Cl2N5O/c23-17-3-6-21(20(24)11-17)29-14-16(13-26-29)22(30)27-18-7-9-28(10-8-18)19-4-1-15(12-25)2-5-19/h1-6,11,13-14,18H,7-10H2,(H,27,30). The molecule has 0 radical (unpaired) electrons. The van der Waals surface area contributed by atoms with Gasteiger partial charge in [0.1, 0.15) is 0 Å². The molecule has 0 bridgehead atoms. The Bertz CT molecular complexity index is 1100. The van der Waals surface area contributed by atoms with E-state index in [1.54, 1.807) is 29.1 Å². The number of anilines is 1. The highest BCUT2D eigenvalue weighted by Gasteiger charge is 2.22. The van der Waals surface area contributed by atoms with Gasteiger partial charge in [-0.2, -0.15) is 10.4 Å². The minimum atomic E-state index is -0.150. The number of piperidine rings is 1. The molecule has 0 atom stereocenters. The summed E-state index contributed by atoms with van der Waals surface area (Å²) in [5.41, 5.74) is 2.90. The smallest absolute Gasteiger partial charge is 0.254 e. The summed E-state index contributed by atoms with van der Waals surface area (Å²) >= 11 is 12.2. The lowest BCUT2D eigenvalue weighted by Gasteiger charge is -2.34. The van der Waals surface area contributed by atoms with Gasteiger partial charge < -0.3 is 10.2 Å². The maximum atomic E-state index is 12.7. The molecule has 4 rings (SSSR count). The molecular formula is C22H19Cl2N5O. The molecule has 2 heterocycles. The van der Waals surface area contributed by atoms with E-state index in [-0.39, 0.29) is 11.9 Å². The highest BCUT2D eigenvalue weighted by atomic mass is 35.5. The van der Waals surface area contributed by atoms with E-state index in [2.05, 4.69) is 21.4 Å². The summed E-state index contributed by atoms with van der Waals surface area (Å²) in [6.45, 7) is 1.69. The van der Waals surface area contributed by atoms with E-state index in [4.69, 9.17) is 28.5 Å². The van der Waals surface area contributed by atoms with Crippen LogP contribution in [-0.4, -0.2) is 34.8 Å². The molecule has 30 heavy (non-hydrogen) atoms. The van der Waals surface area contributed by atoms with Crippen molar-refractivity contribution in [1.29, 1.82) is 5.26 Å². The van der Waals surface area contributed by atoms with E-state index in [1.165, 1.54) is 6.20 Å². The normalized spacial score (nSPS) is 14.4. The summed E-state index contributed by atoms with van der Waals surface area (Å²) in [7, 11) is 0. The second-order valence-electron chi connectivity index (χ2n) is 7.16. The molecule has 1 aromatic heterocycles. The van der Waals surface area contributed by atoms with Crippen LogP contribution in [0.1, 0.15) is 28.8 Å². The molecular weight excluding hydrogens is 421 g/mol. The van der Waals surface area contributed by atoms with Crippen molar-refractivity contribution in [1.82, 2.24) is 15.1 Å². The maximum Gasteiger partial charge on any atom is 0.254 e. The van der Waals surface area contributed by atoms with Gasteiger partial charge in [-0.05, 0) is 55.3 Å². The summed E-state index contributed by atoms with van der Waals surface area (Å²) in [5, 5.41) is 17.3. The first-order valence-corrected chi connectivity index (χ1v) is 10.3. The van der Waals surface area contributed by atoms with Crippen molar-refractivity contribution in [3.05, 3.63) is 76.0 Å². The second-order valence-corrected chi connectivity index (χ2v) is 8.01. The zero-order chi connectivity index (χ0) is 21.1. The summed E-state index contributed by atoms with van der Waals surface area (Å²) in [5.74, 6) is -0.150. The van der Waals surface area contributed by atoms with Gasteiger partial charge in [-0.1, -0.05) is 23.2 Å². The summed E-state index contributed by atoms with van der Waals surface area (Å²) in [6, 6.07) is 15.0. The number of carbonyl (C=O) groups excluding carboxylic acids is 1. The molecule has 1 fully saturated rings. The predicted molar refractivity (Wildman–Crippen MR) is 117 cm³/mol. The molecule has 6 nitrogen and oxygen atoms in total. The molecule has 2 aromatic carbocycles. The van der Waals surface area contributed by atoms with E-state index < -0.39 is 0 Å². The zero-order valence-electron chi connectivity index (χ0n) is 16.1. The van der Waals surface area contributed by atoms with Crippen LogP contribution in [0.2, 0.25) is 10.0 Å². The number of nitrogens with zero attached hydrogens (tertiary/aromatic N) is 4. The number of benzene rings is 2. The Morgan fingerprint density at radius 3 is 2.53 bits per heavy atom. The Hall–Kier alpha value is -3.01. The van der Waals surface area contributed by atoms with Crippen molar-refractivity contribution >= 4 is 34.8 Å². The summed E-state index contributed by atoms with van der Waals surface area (Å²) in [4.78, 5) is 14.9. The fraction of sp³-hybridized carbons (Fsp3) is 0.227. The molecule has 0 spiro atoms. The maximum absolute atomic E-state index is 12.7. The number of hydrogen-bond donors (Lipinski definition) is 1. The van der Waals surface area contributed by atoms with E-state index >= 15 is 0 Å². The minimum Gasteiger partial charge on any atom is -0.371 e. The molecule has 8 heteroatoms. The molecule has 1 aliphatic rings. The number of aromatic nitrogens is 2. The highest BCUT2D eigenvalue weighted by Crippen LogP contribution is 2.24. The molecule has 152 valence electrons. The van der Waals surface area contributed by atoms with Gasteiger partial charge in [0, 0.05) is 36.0 Å². The monoisotopic (exact) mass is 439 g/mol. The van der Waals surface area contributed by atoms with Crippen LogP contribution in [0.3, 0.4) is 0 Å². The third-order valence-electron chi connectivity index (χ3n) is 5.19. The number of nitrogens with one attached hydrogen (secondary N) is 1. The van der Waals surface area contributed by atoms with Crippen molar-refractivity contribution in [2.75, 3.05) is 18.0 Å². The average molecular weight is 440 g/mol. The third-order valence-corrected chi connectivity index (χ3v) is 5.73. The van der Waals surface area contributed by atoms with E-state index in [0.717, 1.165) is 31.6 Å². The Kier molecular flexibility index (Phi) is 5.93. The largest absolute Gasteiger partial charge is 0.371 e. The van der Waals surface area contributed by atoms with Gasteiger partial charge >= 0.3 is 0 Å². The van der Waals surface area contributed by atoms with Crippen LogP contribution >= 0.6 is 23.2 Å². The fourth-order valence-corrected chi connectivity index (χ4v) is 4.03. The number of carbonyl (C=O) groups is 1. The SMILES string of the molecule is N#Cc1ccc(N2CCC(NC(=O)c3cnn(-c4ccc(Cl)cc4Cl)c3)CC2)cc1. The van der Waals surface area contributed by atoms with Gasteiger partial charge in [0.15, 0.2) is 0 Å². The quantitative estimate of drug-likeness (QED) is 0.651. The number of rotatable bonds is 4. The van der Waals surface area contributed by atoms with Crippen molar-refractivity contribution in [3.63, 3.8) is 0 Å². The minimum absolute atomic E-state index is 0.106. The van der Waals surface area contributed by atoms with Crippen molar-refractivity contribution in [2.45, 2.75) is 18.9 Å². The highest BCUT2D eigenvalue weighted by molar-refractivity contribution is 6.35. The Morgan fingerprint density at radius 1 is 1.13 bits per heavy atom. The first-order chi connectivity index (χ1) is 14.5. The van der Waals surface area contributed by atoms with Crippen LogP contribution in [0.25, 0.3) is 5.69 Å². The Balaban J connectivity index is 1.35. The van der Waals surface area contributed by atoms with Gasteiger partial charge in [0.25, 0.3) is 5.91 Å². The average Bonchev–Trinajstić information content (AvgIpc) is 3.24. The number of hydrogen-bond acceptors (Lipinski definition) is 4. The third kappa shape index (κ3) is 4.43. The van der Waals surface area contributed by atoms with Gasteiger partial charge in [-0.15, -0.1) is 0 Å². The van der Waals surface area contributed by atoms with E-state index in [0.29, 0.717) is 26.9 Å². The van der Waals surface area contributed by atoms with Gasteiger partial charge in [-0.3, -0.25) is 4.79 Å². The molecule has 3 aromatic rings. The molecule has 1 aliphatic heterocycles. The topological polar surface area (TPSA) is 74.0 Å². The Labute approximate surface area is 184 Å². The van der Waals surface area contributed by atoms with Crippen molar-refractivity contribution in [2.24, 2.45) is 0 Å². The first kappa shape index (κ1) is 20.3. The number of amides is 1. The molecule has 0 aliphatic carbocycles. The summed E-state index contributed by atoms with van der Waals surface area (Å²) in [6.07, 6.45) is 4.90. The van der Waals surface area contributed by atoms with Crippen LogP contribution in [0.15, 0.2) is 54.9 Å². The Morgan fingerprint density at radius 2 is 1.87 bits per heavy atom. The van der Waals surface area contributed by atoms with Crippen molar-refractivity contribution < 1.29 is 4.79 Å². The fourth-order valence-electron chi connectivity index (χ4n) is 3.54. The van der Waals surface area contributed by atoms with E-state index in [9.17, 15) is 4.79 Å². The first-order valence-electron chi connectivity index (χ1n) is 9.59. The van der Waals surface area contributed by atoms with Crippen LogP contribution in [-0.2, 0) is 0 Å². The zero-order valence-corrected chi connectivity index (χ0v) is 17.6.